The molecule has 4 heteroatoms. The Kier molecular flexibility index (Phi) is 4.34. The van der Waals surface area contributed by atoms with E-state index in [1.165, 1.54) is 30.4 Å². The Hall–Kier alpha value is -1.32. The van der Waals surface area contributed by atoms with Crippen LogP contribution in [-0.2, 0) is 0 Å². The number of hydrazone groups is 1. The number of carbonyl (C=O) groups is 1. The molecule has 0 aromatic heterocycles. The summed E-state index contributed by atoms with van der Waals surface area (Å²) in [6.07, 6.45) is 6.18. The highest BCUT2D eigenvalue weighted by molar-refractivity contribution is 5.98. The topological polar surface area (TPSA) is 67.5 Å². The van der Waals surface area contributed by atoms with E-state index >= 15 is 0 Å². The van der Waals surface area contributed by atoms with Crippen LogP contribution in [0.1, 0.15) is 46.0 Å². The molecular weight excluding hydrogens is 190 g/mol. The van der Waals surface area contributed by atoms with E-state index in [1.54, 1.807) is 0 Å². The first-order valence-corrected chi connectivity index (χ1v) is 5.40. The fourth-order valence-electron chi connectivity index (χ4n) is 1.83. The number of hydrogen-bond donors (Lipinski definition) is 2. The van der Waals surface area contributed by atoms with E-state index < -0.39 is 6.03 Å². The first-order chi connectivity index (χ1) is 7.11. The van der Waals surface area contributed by atoms with Crippen LogP contribution in [0.25, 0.3) is 0 Å². The molecule has 84 valence electrons. The van der Waals surface area contributed by atoms with Crippen molar-refractivity contribution in [2.45, 2.75) is 46.0 Å². The summed E-state index contributed by atoms with van der Waals surface area (Å²) in [4.78, 5) is 10.5. The molecule has 2 amide bonds. The second kappa shape index (κ2) is 5.53. The van der Waals surface area contributed by atoms with Crippen LogP contribution in [0.15, 0.2) is 16.2 Å². The molecule has 0 aromatic carbocycles. The molecule has 0 unspecified atom stereocenters. The number of nitrogens with zero attached hydrogens (tertiary/aromatic N) is 1. The predicted octanol–water partition coefficient (Wildman–Crippen LogP) is 2.31. The number of urea groups is 1. The number of hydrogen-bond acceptors (Lipinski definition) is 2. The Labute approximate surface area is 90.6 Å². The van der Waals surface area contributed by atoms with Crippen LogP contribution in [-0.4, -0.2) is 11.7 Å². The lowest BCUT2D eigenvalue weighted by Gasteiger charge is -2.16. The van der Waals surface area contributed by atoms with Gasteiger partial charge in [-0.25, -0.2) is 10.2 Å². The largest absolute Gasteiger partial charge is 0.350 e. The van der Waals surface area contributed by atoms with Gasteiger partial charge in [-0.05, 0) is 45.1 Å². The van der Waals surface area contributed by atoms with Crippen LogP contribution in [0.2, 0.25) is 0 Å². The van der Waals surface area contributed by atoms with Crippen LogP contribution in [0.3, 0.4) is 0 Å². The van der Waals surface area contributed by atoms with E-state index in [2.05, 4.69) is 17.5 Å². The standard InChI is InChI=1S/C11H19N3O/c1-8(9(2)13-14-11(12)15)10-6-4-3-5-7-10/h3-7H2,1-2H3,(H3,12,14,15). The van der Waals surface area contributed by atoms with Crippen LogP contribution < -0.4 is 11.2 Å². The monoisotopic (exact) mass is 209 g/mol. The number of nitrogens with one attached hydrogen (secondary N) is 1. The third-order valence-corrected chi connectivity index (χ3v) is 2.86. The van der Waals surface area contributed by atoms with Crippen molar-refractivity contribution < 1.29 is 4.79 Å². The lowest BCUT2D eigenvalue weighted by Crippen LogP contribution is -2.25. The van der Waals surface area contributed by atoms with E-state index in [4.69, 9.17) is 5.73 Å². The van der Waals surface area contributed by atoms with Crippen molar-refractivity contribution in [1.29, 1.82) is 0 Å². The lowest BCUT2D eigenvalue weighted by molar-refractivity contribution is 0.249. The van der Waals surface area contributed by atoms with Crippen molar-refractivity contribution in [3.8, 4) is 0 Å². The van der Waals surface area contributed by atoms with E-state index in [-0.39, 0.29) is 0 Å². The minimum Gasteiger partial charge on any atom is -0.350 e. The summed E-state index contributed by atoms with van der Waals surface area (Å²) in [5, 5.41) is 3.93. The summed E-state index contributed by atoms with van der Waals surface area (Å²) in [5.74, 6) is 0. The summed E-state index contributed by atoms with van der Waals surface area (Å²) in [6, 6.07) is -0.615. The lowest BCUT2D eigenvalue weighted by atomic mass is 9.90. The van der Waals surface area contributed by atoms with E-state index in [0.29, 0.717) is 0 Å². The van der Waals surface area contributed by atoms with Gasteiger partial charge in [0.2, 0.25) is 0 Å². The van der Waals surface area contributed by atoms with Gasteiger partial charge in [0, 0.05) is 0 Å². The molecule has 3 N–H and O–H groups in total. The quantitative estimate of drug-likeness (QED) is 0.532. The maximum Gasteiger partial charge on any atom is 0.332 e. The average molecular weight is 209 g/mol. The average Bonchev–Trinajstić information content (AvgIpc) is 2.26. The van der Waals surface area contributed by atoms with Gasteiger partial charge >= 0.3 is 6.03 Å². The Bertz CT molecular complexity index is 297. The molecule has 15 heavy (non-hydrogen) atoms. The molecule has 1 aliphatic rings. The van der Waals surface area contributed by atoms with Crippen molar-refractivity contribution in [1.82, 2.24) is 5.43 Å². The van der Waals surface area contributed by atoms with Crippen molar-refractivity contribution in [3.05, 3.63) is 11.1 Å². The van der Waals surface area contributed by atoms with Gasteiger partial charge in [0.1, 0.15) is 0 Å². The second-order valence-corrected chi connectivity index (χ2v) is 3.96. The summed E-state index contributed by atoms with van der Waals surface area (Å²) in [5.41, 5.74) is 10.7. The summed E-state index contributed by atoms with van der Waals surface area (Å²) < 4.78 is 0. The number of amides is 2. The third-order valence-electron chi connectivity index (χ3n) is 2.86. The van der Waals surface area contributed by atoms with E-state index in [0.717, 1.165) is 18.6 Å². The van der Waals surface area contributed by atoms with E-state index in [9.17, 15) is 4.79 Å². The summed E-state index contributed by atoms with van der Waals surface area (Å²) >= 11 is 0. The fourth-order valence-corrected chi connectivity index (χ4v) is 1.83. The first kappa shape index (κ1) is 11.8. The molecular formula is C11H19N3O. The molecule has 4 nitrogen and oxygen atoms in total. The van der Waals surface area contributed by atoms with E-state index in [1.807, 2.05) is 6.92 Å². The predicted molar refractivity (Wildman–Crippen MR) is 61.6 cm³/mol. The number of rotatable bonds is 2. The number of primary amides is 1. The smallest absolute Gasteiger partial charge is 0.332 e. The zero-order chi connectivity index (χ0) is 11.3. The Morgan fingerprint density at radius 3 is 2.40 bits per heavy atom. The van der Waals surface area contributed by atoms with Crippen molar-refractivity contribution in [3.63, 3.8) is 0 Å². The van der Waals surface area contributed by atoms with Gasteiger partial charge in [0.05, 0.1) is 5.71 Å². The minimum absolute atomic E-state index is 0.615. The van der Waals surface area contributed by atoms with Crippen LogP contribution in [0.5, 0.6) is 0 Å². The maximum atomic E-state index is 10.5. The van der Waals surface area contributed by atoms with Gasteiger partial charge in [-0.15, -0.1) is 0 Å². The van der Waals surface area contributed by atoms with Crippen molar-refractivity contribution in [2.75, 3.05) is 0 Å². The molecule has 0 bridgehead atoms. The van der Waals surface area contributed by atoms with Gasteiger partial charge in [0.15, 0.2) is 0 Å². The summed E-state index contributed by atoms with van der Waals surface area (Å²) in [7, 11) is 0. The highest BCUT2D eigenvalue weighted by Crippen LogP contribution is 2.25. The Morgan fingerprint density at radius 2 is 1.87 bits per heavy atom. The van der Waals surface area contributed by atoms with Crippen LogP contribution >= 0.6 is 0 Å². The van der Waals surface area contributed by atoms with Crippen molar-refractivity contribution in [2.24, 2.45) is 10.8 Å². The SMILES string of the molecule is CC(=NNC(N)=O)C(C)=C1CCCCC1. The van der Waals surface area contributed by atoms with Gasteiger partial charge < -0.3 is 5.73 Å². The molecule has 1 saturated carbocycles. The van der Waals surface area contributed by atoms with Crippen molar-refractivity contribution >= 4 is 11.7 Å². The molecule has 0 aromatic rings. The number of nitrogens with two attached hydrogens (primary N) is 1. The van der Waals surface area contributed by atoms with Gasteiger partial charge in [-0.3, -0.25) is 0 Å². The van der Waals surface area contributed by atoms with Crippen LogP contribution in [0, 0.1) is 0 Å². The Balaban J connectivity index is 2.68. The molecule has 0 saturated heterocycles. The number of allylic oxidation sites excluding steroid dienone is 2. The molecule has 0 atom stereocenters. The number of carbonyl (C=O) groups excluding carboxylic acids is 1. The molecule has 0 aliphatic heterocycles. The fraction of sp³-hybridized carbons (Fsp3) is 0.636. The highest BCUT2D eigenvalue weighted by atomic mass is 16.2. The zero-order valence-corrected chi connectivity index (χ0v) is 9.47. The normalized spacial score (nSPS) is 17.5. The Morgan fingerprint density at radius 1 is 1.27 bits per heavy atom. The molecule has 1 fully saturated rings. The molecule has 0 radical (unpaired) electrons. The zero-order valence-electron chi connectivity index (χ0n) is 9.47. The van der Waals surface area contributed by atoms with Crippen LogP contribution in [0.4, 0.5) is 4.79 Å². The molecule has 1 aliphatic carbocycles. The minimum atomic E-state index is -0.615. The van der Waals surface area contributed by atoms with Gasteiger partial charge in [-0.1, -0.05) is 12.0 Å². The third kappa shape index (κ3) is 3.73. The summed E-state index contributed by atoms with van der Waals surface area (Å²) in [6.45, 7) is 3.95. The molecule has 0 heterocycles. The molecule has 1 rings (SSSR count). The van der Waals surface area contributed by atoms with Gasteiger partial charge in [0.25, 0.3) is 0 Å². The highest BCUT2D eigenvalue weighted by Gasteiger charge is 2.10. The maximum absolute atomic E-state index is 10.5. The first-order valence-electron chi connectivity index (χ1n) is 5.40. The molecule has 0 spiro atoms. The second-order valence-electron chi connectivity index (χ2n) is 3.96. The van der Waals surface area contributed by atoms with Gasteiger partial charge in [-0.2, -0.15) is 5.10 Å².